The van der Waals surface area contributed by atoms with Gasteiger partial charge in [0.1, 0.15) is 18.1 Å². The van der Waals surface area contributed by atoms with Crippen LogP contribution in [0, 0.1) is 0 Å². The highest BCUT2D eigenvalue weighted by molar-refractivity contribution is 6.35. The first kappa shape index (κ1) is 17.0. The Labute approximate surface area is 139 Å². The molecule has 0 unspecified atom stereocenters. The number of amides is 2. The van der Waals surface area contributed by atoms with Gasteiger partial charge in [0.25, 0.3) is 0 Å². The number of nitrogens with one attached hydrogen (secondary N) is 2. The van der Waals surface area contributed by atoms with Gasteiger partial charge in [-0.15, -0.1) is 0 Å². The lowest BCUT2D eigenvalue weighted by Gasteiger charge is -2.03. The van der Waals surface area contributed by atoms with Crippen molar-refractivity contribution >= 4 is 18.0 Å². The molecule has 7 nitrogen and oxygen atoms in total. The van der Waals surface area contributed by atoms with E-state index in [9.17, 15) is 9.59 Å². The molecular weight excluding hydrogens is 310 g/mol. The van der Waals surface area contributed by atoms with Crippen molar-refractivity contribution in [1.29, 1.82) is 0 Å². The molecule has 0 saturated carbocycles. The van der Waals surface area contributed by atoms with Crippen molar-refractivity contribution in [3.63, 3.8) is 0 Å². The van der Waals surface area contributed by atoms with Crippen LogP contribution in [0.3, 0.4) is 0 Å². The number of hydrogen-bond acceptors (Lipinski definition) is 5. The number of hydrogen-bond donors (Lipinski definition) is 2. The average Bonchev–Trinajstić information content (AvgIpc) is 3.11. The van der Waals surface area contributed by atoms with Gasteiger partial charge in [0.2, 0.25) is 0 Å². The smallest absolute Gasteiger partial charge is 0.329 e. The monoisotopic (exact) mass is 327 g/mol. The van der Waals surface area contributed by atoms with Crippen molar-refractivity contribution < 1.29 is 18.7 Å². The number of ether oxygens (including phenoxy) is 1. The number of hydrazone groups is 1. The van der Waals surface area contributed by atoms with Crippen molar-refractivity contribution in [2.45, 2.75) is 6.54 Å². The van der Waals surface area contributed by atoms with Gasteiger partial charge in [-0.25, -0.2) is 5.43 Å². The quantitative estimate of drug-likeness (QED) is 0.350. The topological polar surface area (TPSA) is 92.9 Å². The minimum atomic E-state index is -0.864. The third-order valence-corrected chi connectivity index (χ3v) is 2.82. The molecule has 0 aliphatic heterocycles. The molecule has 2 rings (SSSR count). The van der Waals surface area contributed by atoms with Gasteiger partial charge in [-0.05, 0) is 29.8 Å². The fourth-order valence-electron chi connectivity index (χ4n) is 1.72. The van der Waals surface area contributed by atoms with Crippen LogP contribution in [0.25, 0.3) is 0 Å². The minimum Gasteiger partial charge on any atom is -0.490 e. The predicted octanol–water partition coefficient (Wildman–Crippen LogP) is 1.61. The molecule has 0 spiro atoms. The average molecular weight is 327 g/mol. The summed E-state index contributed by atoms with van der Waals surface area (Å²) in [6.07, 6.45) is 4.54. The lowest BCUT2D eigenvalue weighted by atomic mass is 10.2. The van der Waals surface area contributed by atoms with Gasteiger partial charge in [-0.1, -0.05) is 24.8 Å². The van der Waals surface area contributed by atoms with Gasteiger partial charge in [0.15, 0.2) is 0 Å². The standard InChI is InChI=1S/C17H17N3O4/c1-2-8-23-14-6-3-5-13(10-14)11-19-20-17(22)16(21)18-12-15-7-4-9-24-15/h2-7,9-11H,1,8,12H2,(H,18,21)(H,20,22)/b19-11+. The number of nitrogens with zero attached hydrogens (tertiary/aromatic N) is 1. The summed E-state index contributed by atoms with van der Waals surface area (Å²) in [5.74, 6) is -0.458. The molecule has 7 heteroatoms. The van der Waals surface area contributed by atoms with Gasteiger partial charge < -0.3 is 14.5 Å². The van der Waals surface area contributed by atoms with Crippen LogP contribution in [-0.4, -0.2) is 24.6 Å². The molecule has 0 radical (unpaired) electrons. The third-order valence-electron chi connectivity index (χ3n) is 2.82. The van der Waals surface area contributed by atoms with E-state index in [4.69, 9.17) is 9.15 Å². The van der Waals surface area contributed by atoms with E-state index in [1.54, 1.807) is 42.5 Å². The van der Waals surface area contributed by atoms with Gasteiger partial charge in [0.05, 0.1) is 19.0 Å². The fourth-order valence-corrected chi connectivity index (χ4v) is 1.72. The Morgan fingerprint density at radius 3 is 2.88 bits per heavy atom. The van der Waals surface area contributed by atoms with Crippen LogP contribution in [0.15, 0.2) is 64.8 Å². The molecule has 0 aliphatic rings. The molecule has 2 aromatic rings. The molecule has 1 heterocycles. The lowest BCUT2D eigenvalue weighted by Crippen LogP contribution is -2.37. The summed E-state index contributed by atoms with van der Waals surface area (Å²) >= 11 is 0. The molecule has 2 N–H and O–H groups in total. The van der Waals surface area contributed by atoms with Crippen LogP contribution in [0.4, 0.5) is 0 Å². The van der Waals surface area contributed by atoms with Crippen molar-refractivity contribution in [3.05, 3.63) is 66.6 Å². The number of benzene rings is 1. The van der Waals surface area contributed by atoms with Crippen LogP contribution in [0.1, 0.15) is 11.3 Å². The Balaban J connectivity index is 1.80. The summed E-state index contributed by atoms with van der Waals surface area (Å²) < 4.78 is 10.4. The summed E-state index contributed by atoms with van der Waals surface area (Å²) in [5.41, 5.74) is 2.87. The number of furan rings is 1. The second-order valence-corrected chi connectivity index (χ2v) is 4.63. The van der Waals surface area contributed by atoms with E-state index in [1.807, 2.05) is 0 Å². The zero-order valence-electron chi connectivity index (χ0n) is 12.9. The largest absolute Gasteiger partial charge is 0.490 e. The molecular formula is C17H17N3O4. The van der Waals surface area contributed by atoms with Gasteiger partial charge in [-0.2, -0.15) is 5.10 Å². The molecule has 0 aliphatic carbocycles. The zero-order chi connectivity index (χ0) is 17.2. The van der Waals surface area contributed by atoms with Crippen LogP contribution in [-0.2, 0) is 16.1 Å². The highest BCUT2D eigenvalue weighted by atomic mass is 16.5. The molecule has 24 heavy (non-hydrogen) atoms. The Hall–Kier alpha value is -3.35. The van der Waals surface area contributed by atoms with E-state index in [2.05, 4.69) is 22.4 Å². The van der Waals surface area contributed by atoms with Gasteiger partial charge in [-0.3, -0.25) is 9.59 Å². The normalized spacial score (nSPS) is 10.3. The van der Waals surface area contributed by atoms with Crippen molar-refractivity contribution in [3.8, 4) is 5.75 Å². The van der Waals surface area contributed by atoms with Crippen LogP contribution in [0.5, 0.6) is 5.75 Å². The molecule has 0 fully saturated rings. The minimum absolute atomic E-state index is 0.131. The van der Waals surface area contributed by atoms with E-state index < -0.39 is 11.8 Å². The molecule has 0 bridgehead atoms. The van der Waals surface area contributed by atoms with Gasteiger partial charge >= 0.3 is 11.8 Å². The van der Waals surface area contributed by atoms with Crippen molar-refractivity contribution in [2.75, 3.05) is 6.61 Å². The molecule has 0 atom stereocenters. The Kier molecular flexibility index (Phi) is 6.34. The van der Waals surface area contributed by atoms with Crippen molar-refractivity contribution in [2.24, 2.45) is 5.10 Å². The second-order valence-electron chi connectivity index (χ2n) is 4.63. The molecule has 1 aromatic heterocycles. The van der Waals surface area contributed by atoms with Gasteiger partial charge in [0, 0.05) is 0 Å². The number of carbonyl (C=O) groups is 2. The summed E-state index contributed by atoms with van der Waals surface area (Å²) in [6.45, 7) is 4.10. The first-order valence-electron chi connectivity index (χ1n) is 7.16. The highest BCUT2D eigenvalue weighted by Gasteiger charge is 2.12. The zero-order valence-corrected chi connectivity index (χ0v) is 12.9. The van der Waals surface area contributed by atoms with E-state index in [1.165, 1.54) is 12.5 Å². The predicted molar refractivity (Wildman–Crippen MR) is 88.4 cm³/mol. The maximum absolute atomic E-state index is 11.6. The summed E-state index contributed by atoms with van der Waals surface area (Å²) in [4.78, 5) is 23.2. The Morgan fingerprint density at radius 2 is 2.12 bits per heavy atom. The molecule has 0 saturated heterocycles. The van der Waals surface area contributed by atoms with E-state index >= 15 is 0 Å². The summed E-state index contributed by atoms with van der Waals surface area (Å²) in [5, 5.41) is 6.16. The first-order valence-corrected chi connectivity index (χ1v) is 7.16. The van der Waals surface area contributed by atoms with Crippen LogP contribution in [0.2, 0.25) is 0 Å². The molecule has 1 aromatic carbocycles. The summed E-state index contributed by atoms with van der Waals surface area (Å²) in [7, 11) is 0. The lowest BCUT2D eigenvalue weighted by molar-refractivity contribution is -0.139. The fraction of sp³-hybridized carbons (Fsp3) is 0.118. The van der Waals surface area contributed by atoms with E-state index in [0.717, 1.165) is 0 Å². The van der Waals surface area contributed by atoms with Crippen LogP contribution >= 0.6 is 0 Å². The number of carbonyl (C=O) groups excluding carboxylic acids is 2. The van der Waals surface area contributed by atoms with Crippen LogP contribution < -0.4 is 15.5 Å². The molecule has 124 valence electrons. The van der Waals surface area contributed by atoms with E-state index in [-0.39, 0.29) is 6.54 Å². The second kappa shape index (κ2) is 8.94. The Bertz CT molecular complexity index is 723. The van der Waals surface area contributed by atoms with Crippen molar-refractivity contribution in [1.82, 2.24) is 10.7 Å². The maximum atomic E-state index is 11.6. The highest BCUT2D eigenvalue weighted by Crippen LogP contribution is 2.11. The number of rotatable bonds is 7. The summed E-state index contributed by atoms with van der Waals surface area (Å²) in [6, 6.07) is 10.5. The van der Waals surface area contributed by atoms with E-state index in [0.29, 0.717) is 23.7 Å². The SMILES string of the molecule is C=CCOc1cccc(/C=N/NC(=O)C(=O)NCc2ccco2)c1. The first-order chi connectivity index (χ1) is 11.7. The molecule has 2 amide bonds. The third kappa shape index (κ3) is 5.45. The maximum Gasteiger partial charge on any atom is 0.329 e. The Morgan fingerprint density at radius 1 is 1.25 bits per heavy atom.